The van der Waals surface area contributed by atoms with Gasteiger partial charge in [-0.2, -0.15) is 5.26 Å². The minimum atomic E-state index is -0.735. The average Bonchev–Trinajstić information content (AvgIpc) is 2.70. The molecule has 0 aromatic heterocycles. The number of hydrogen-bond donors (Lipinski definition) is 1. The summed E-state index contributed by atoms with van der Waals surface area (Å²) in [6.07, 6.45) is 0. The van der Waals surface area contributed by atoms with Gasteiger partial charge in [-0.25, -0.2) is 4.79 Å². The molecule has 0 spiro atoms. The lowest BCUT2D eigenvalue weighted by Gasteiger charge is -2.15. The normalized spacial score (nSPS) is 10.2. The minimum Gasteiger partial charge on any atom is -0.493 e. The van der Waals surface area contributed by atoms with E-state index in [1.165, 1.54) is 25.3 Å². The second-order valence-electron chi connectivity index (χ2n) is 6.51. The molecule has 8 heteroatoms. The molecular weight excluding hydrogens is 396 g/mol. The van der Waals surface area contributed by atoms with E-state index in [0.29, 0.717) is 29.4 Å². The molecule has 0 aliphatic rings. The maximum absolute atomic E-state index is 12.3. The van der Waals surface area contributed by atoms with Gasteiger partial charge in [0.2, 0.25) is 0 Å². The lowest BCUT2D eigenvalue weighted by Crippen LogP contribution is -2.21. The fourth-order valence-corrected chi connectivity index (χ4v) is 2.57. The third-order valence-electron chi connectivity index (χ3n) is 3.64. The van der Waals surface area contributed by atoms with E-state index in [4.69, 9.17) is 31.1 Å². The third kappa shape index (κ3) is 6.40. The Morgan fingerprint density at radius 3 is 2.66 bits per heavy atom. The quantitative estimate of drug-likeness (QED) is 0.652. The molecule has 0 fully saturated rings. The molecule has 29 heavy (non-hydrogen) atoms. The van der Waals surface area contributed by atoms with Crippen molar-refractivity contribution in [3.63, 3.8) is 0 Å². The van der Waals surface area contributed by atoms with Crippen molar-refractivity contribution >= 4 is 29.2 Å². The molecule has 1 amide bonds. The standard InChI is InChI=1S/C21H21ClN2O5/c1-13(2)11-28-20-17(22)8-15(9-18(20)27-3)21(26)29-12-19(25)24-16-6-4-5-14(7-16)10-23/h4-9,13H,11-12H2,1-3H3,(H,24,25). The summed E-state index contributed by atoms with van der Waals surface area (Å²) in [4.78, 5) is 24.3. The molecular formula is C21H21ClN2O5. The number of benzene rings is 2. The molecule has 2 aromatic rings. The van der Waals surface area contributed by atoms with Crippen molar-refractivity contribution in [3.8, 4) is 17.6 Å². The number of rotatable bonds is 8. The van der Waals surface area contributed by atoms with Gasteiger partial charge in [0.25, 0.3) is 5.91 Å². The predicted molar refractivity (Wildman–Crippen MR) is 108 cm³/mol. The van der Waals surface area contributed by atoms with Gasteiger partial charge in [0.15, 0.2) is 18.1 Å². The number of amides is 1. The number of carbonyl (C=O) groups excluding carboxylic acids is 2. The number of methoxy groups -OCH3 is 1. The van der Waals surface area contributed by atoms with Gasteiger partial charge in [-0.05, 0) is 36.2 Å². The third-order valence-corrected chi connectivity index (χ3v) is 3.92. The second kappa shape index (κ2) is 10.3. The summed E-state index contributed by atoms with van der Waals surface area (Å²) in [5, 5.41) is 11.6. The number of nitriles is 1. The SMILES string of the molecule is COc1cc(C(=O)OCC(=O)Nc2cccc(C#N)c2)cc(Cl)c1OCC(C)C. The Kier molecular flexibility index (Phi) is 7.87. The number of esters is 1. The smallest absolute Gasteiger partial charge is 0.338 e. The van der Waals surface area contributed by atoms with Crippen molar-refractivity contribution in [2.24, 2.45) is 5.92 Å². The van der Waals surface area contributed by atoms with Crippen molar-refractivity contribution in [2.75, 3.05) is 25.6 Å². The second-order valence-corrected chi connectivity index (χ2v) is 6.92. The van der Waals surface area contributed by atoms with Crippen molar-refractivity contribution in [1.82, 2.24) is 0 Å². The van der Waals surface area contributed by atoms with Crippen LogP contribution in [0, 0.1) is 17.2 Å². The Hall–Kier alpha value is -3.24. The van der Waals surface area contributed by atoms with E-state index in [-0.39, 0.29) is 16.5 Å². The molecule has 0 bridgehead atoms. The van der Waals surface area contributed by atoms with Gasteiger partial charge >= 0.3 is 5.97 Å². The average molecular weight is 417 g/mol. The Morgan fingerprint density at radius 2 is 2.00 bits per heavy atom. The van der Waals surface area contributed by atoms with Gasteiger partial charge < -0.3 is 19.5 Å². The first-order chi connectivity index (χ1) is 13.8. The largest absolute Gasteiger partial charge is 0.493 e. The molecule has 0 atom stereocenters. The monoisotopic (exact) mass is 416 g/mol. The van der Waals surface area contributed by atoms with Gasteiger partial charge in [0, 0.05) is 5.69 Å². The van der Waals surface area contributed by atoms with Crippen LogP contribution in [0.3, 0.4) is 0 Å². The van der Waals surface area contributed by atoms with Gasteiger partial charge in [-0.3, -0.25) is 4.79 Å². The molecule has 152 valence electrons. The molecule has 0 aliphatic heterocycles. The zero-order chi connectivity index (χ0) is 21.4. The maximum atomic E-state index is 12.3. The van der Waals surface area contributed by atoms with E-state index in [1.807, 2.05) is 19.9 Å². The lowest BCUT2D eigenvalue weighted by molar-refractivity contribution is -0.119. The maximum Gasteiger partial charge on any atom is 0.338 e. The Morgan fingerprint density at radius 1 is 1.24 bits per heavy atom. The number of nitrogens with zero attached hydrogens (tertiary/aromatic N) is 1. The summed E-state index contributed by atoms with van der Waals surface area (Å²) < 4.78 is 15.9. The molecule has 0 radical (unpaired) electrons. The van der Waals surface area contributed by atoms with Gasteiger partial charge in [-0.1, -0.05) is 31.5 Å². The summed E-state index contributed by atoms with van der Waals surface area (Å²) >= 11 is 6.22. The predicted octanol–water partition coefficient (Wildman–Crippen LogP) is 4.05. The first-order valence-corrected chi connectivity index (χ1v) is 9.19. The number of halogens is 1. The lowest BCUT2D eigenvalue weighted by atomic mass is 10.2. The first kappa shape index (κ1) is 22.1. The van der Waals surface area contributed by atoms with Crippen LogP contribution in [0.5, 0.6) is 11.5 Å². The van der Waals surface area contributed by atoms with Gasteiger partial charge in [0.1, 0.15) is 0 Å². The van der Waals surface area contributed by atoms with Crippen LogP contribution in [0.1, 0.15) is 29.8 Å². The van der Waals surface area contributed by atoms with Crippen LogP contribution in [-0.4, -0.2) is 32.2 Å². The van der Waals surface area contributed by atoms with Crippen LogP contribution >= 0.6 is 11.6 Å². The van der Waals surface area contributed by atoms with Crippen LogP contribution in [0.2, 0.25) is 5.02 Å². The molecule has 2 aromatic carbocycles. The van der Waals surface area contributed by atoms with Crippen molar-refractivity contribution in [1.29, 1.82) is 5.26 Å². The van der Waals surface area contributed by atoms with E-state index in [0.717, 1.165) is 0 Å². The van der Waals surface area contributed by atoms with Crippen molar-refractivity contribution in [3.05, 3.63) is 52.5 Å². The summed E-state index contributed by atoms with van der Waals surface area (Å²) in [5.74, 6) is -0.352. The van der Waals surface area contributed by atoms with E-state index in [1.54, 1.807) is 18.2 Å². The van der Waals surface area contributed by atoms with E-state index in [2.05, 4.69) is 5.32 Å². The minimum absolute atomic E-state index is 0.128. The number of ether oxygens (including phenoxy) is 3. The highest BCUT2D eigenvalue weighted by atomic mass is 35.5. The molecule has 0 saturated carbocycles. The van der Waals surface area contributed by atoms with Crippen LogP contribution in [-0.2, 0) is 9.53 Å². The van der Waals surface area contributed by atoms with Gasteiger partial charge in [0.05, 0.1) is 35.9 Å². The zero-order valence-corrected chi connectivity index (χ0v) is 17.1. The van der Waals surface area contributed by atoms with Crippen LogP contribution in [0.25, 0.3) is 0 Å². The van der Waals surface area contributed by atoms with E-state index >= 15 is 0 Å². The van der Waals surface area contributed by atoms with Crippen molar-refractivity contribution < 1.29 is 23.8 Å². The van der Waals surface area contributed by atoms with Crippen LogP contribution in [0.4, 0.5) is 5.69 Å². The fraction of sp³-hybridized carbons (Fsp3) is 0.286. The van der Waals surface area contributed by atoms with Crippen LogP contribution < -0.4 is 14.8 Å². The number of carbonyl (C=O) groups is 2. The number of nitrogens with one attached hydrogen (secondary N) is 1. The first-order valence-electron chi connectivity index (χ1n) is 8.81. The molecule has 1 N–H and O–H groups in total. The summed E-state index contributed by atoms with van der Waals surface area (Å²) in [7, 11) is 1.44. The summed E-state index contributed by atoms with van der Waals surface area (Å²) in [6.45, 7) is 3.93. The zero-order valence-electron chi connectivity index (χ0n) is 16.3. The van der Waals surface area contributed by atoms with E-state index < -0.39 is 18.5 Å². The fourth-order valence-electron chi connectivity index (χ4n) is 2.31. The topological polar surface area (TPSA) is 97.6 Å². The molecule has 7 nitrogen and oxygen atoms in total. The molecule has 0 saturated heterocycles. The Bertz CT molecular complexity index is 937. The summed E-state index contributed by atoms with van der Waals surface area (Å²) in [5.41, 5.74) is 0.964. The highest BCUT2D eigenvalue weighted by molar-refractivity contribution is 6.32. The number of anilines is 1. The van der Waals surface area contributed by atoms with Crippen LogP contribution in [0.15, 0.2) is 36.4 Å². The Labute approximate surface area is 174 Å². The van der Waals surface area contributed by atoms with Gasteiger partial charge in [-0.15, -0.1) is 0 Å². The highest BCUT2D eigenvalue weighted by Crippen LogP contribution is 2.36. The summed E-state index contributed by atoms with van der Waals surface area (Å²) in [6, 6.07) is 11.2. The molecule has 0 aliphatic carbocycles. The van der Waals surface area contributed by atoms with Crippen molar-refractivity contribution in [2.45, 2.75) is 13.8 Å². The highest BCUT2D eigenvalue weighted by Gasteiger charge is 2.18. The molecule has 0 heterocycles. The Balaban J connectivity index is 2.01. The number of hydrogen-bond acceptors (Lipinski definition) is 6. The molecule has 0 unspecified atom stereocenters. The molecule has 2 rings (SSSR count). The van der Waals surface area contributed by atoms with E-state index in [9.17, 15) is 9.59 Å².